The highest BCUT2D eigenvalue weighted by Crippen LogP contribution is 2.20. The van der Waals surface area contributed by atoms with Crippen molar-refractivity contribution in [3.8, 4) is 5.75 Å². The maximum Gasteiger partial charge on any atom is 0.223 e. The molecule has 3 rings (SSSR count). The van der Waals surface area contributed by atoms with Gasteiger partial charge in [-0.05, 0) is 36.2 Å². The fourth-order valence-electron chi connectivity index (χ4n) is 2.93. The van der Waals surface area contributed by atoms with E-state index in [0.29, 0.717) is 6.42 Å². The van der Waals surface area contributed by atoms with Crippen molar-refractivity contribution < 1.29 is 9.53 Å². The second kappa shape index (κ2) is 7.86. The Hall–Kier alpha value is -2.49. The Morgan fingerprint density at radius 3 is 2.29 bits per heavy atom. The van der Waals surface area contributed by atoms with Crippen molar-refractivity contribution in [1.29, 1.82) is 0 Å². The van der Waals surface area contributed by atoms with Gasteiger partial charge in [0.25, 0.3) is 0 Å². The van der Waals surface area contributed by atoms with Gasteiger partial charge in [0.05, 0.1) is 7.11 Å². The molecule has 0 N–H and O–H groups in total. The zero-order chi connectivity index (χ0) is 16.8. The highest BCUT2D eigenvalue weighted by Gasteiger charge is 2.21. The molecule has 1 fully saturated rings. The number of piperazine rings is 1. The second-order valence-corrected chi connectivity index (χ2v) is 5.88. The van der Waals surface area contributed by atoms with Crippen molar-refractivity contribution >= 4 is 11.6 Å². The fourth-order valence-corrected chi connectivity index (χ4v) is 2.93. The lowest BCUT2D eigenvalue weighted by molar-refractivity contribution is -0.130. The average Bonchev–Trinajstić information content (AvgIpc) is 2.67. The van der Waals surface area contributed by atoms with E-state index in [1.165, 1.54) is 5.69 Å². The number of hydrogen-bond acceptors (Lipinski definition) is 3. The minimum atomic E-state index is 0.202. The summed E-state index contributed by atoms with van der Waals surface area (Å²) < 4.78 is 5.19. The molecule has 1 saturated heterocycles. The van der Waals surface area contributed by atoms with E-state index >= 15 is 0 Å². The standard InChI is InChI=1S/C20H23N2O2/c1-24-19-10-8-18(9-11-19)21-13-15-22(16-14-21)20(23)12-7-17-5-3-2-4-6-17/h2-11H,12-16H2,1H3. The number of rotatable bonds is 5. The van der Waals surface area contributed by atoms with Crippen LogP contribution >= 0.6 is 0 Å². The Labute approximate surface area is 143 Å². The quantitative estimate of drug-likeness (QED) is 0.848. The Bertz CT molecular complexity index is 647. The third-order valence-corrected chi connectivity index (χ3v) is 4.38. The van der Waals surface area contributed by atoms with Crippen LogP contribution < -0.4 is 9.64 Å². The summed E-state index contributed by atoms with van der Waals surface area (Å²) >= 11 is 0. The molecule has 0 unspecified atom stereocenters. The van der Waals surface area contributed by atoms with Crippen molar-refractivity contribution in [3.05, 3.63) is 66.6 Å². The SMILES string of the molecule is COc1ccc(N2CCN(C(=O)C[CH]c3ccccc3)CC2)cc1. The first kappa shape index (κ1) is 16.4. The fraction of sp³-hybridized carbons (Fsp3) is 0.300. The van der Waals surface area contributed by atoms with Crippen LogP contribution in [0.25, 0.3) is 0 Å². The topological polar surface area (TPSA) is 32.8 Å². The maximum absolute atomic E-state index is 12.4. The van der Waals surface area contributed by atoms with E-state index in [4.69, 9.17) is 4.74 Å². The van der Waals surface area contributed by atoms with E-state index in [0.717, 1.165) is 37.5 Å². The number of hydrogen-bond donors (Lipinski definition) is 0. The van der Waals surface area contributed by atoms with Gasteiger partial charge in [-0.1, -0.05) is 30.3 Å². The van der Waals surface area contributed by atoms with Gasteiger partial charge in [0.15, 0.2) is 0 Å². The molecule has 24 heavy (non-hydrogen) atoms. The zero-order valence-electron chi connectivity index (χ0n) is 14.0. The zero-order valence-corrected chi connectivity index (χ0v) is 14.0. The van der Waals surface area contributed by atoms with Gasteiger partial charge in [0.2, 0.25) is 5.91 Å². The van der Waals surface area contributed by atoms with Gasteiger partial charge < -0.3 is 14.5 Å². The van der Waals surface area contributed by atoms with E-state index < -0.39 is 0 Å². The third-order valence-electron chi connectivity index (χ3n) is 4.38. The van der Waals surface area contributed by atoms with Gasteiger partial charge in [-0.3, -0.25) is 4.79 Å². The molecule has 0 saturated carbocycles. The molecule has 1 heterocycles. The summed E-state index contributed by atoms with van der Waals surface area (Å²) in [6, 6.07) is 18.1. The van der Waals surface area contributed by atoms with E-state index in [9.17, 15) is 4.79 Å². The summed E-state index contributed by atoms with van der Waals surface area (Å²) in [5, 5.41) is 0. The summed E-state index contributed by atoms with van der Waals surface area (Å²) in [6.45, 7) is 3.27. The molecule has 4 nitrogen and oxygen atoms in total. The third kappa shape index (κ3) is 4.07. The van der Waals surface area contributed by atoms with Gasteiger partial charge in [-0.2, -0.15) is 0 Å². The number of methoxy groups -OCH3 is 1. The van der Waals surface area contributed by atoms with Crippen molar-refractivity contribution in [2.75, 3.05) is 38.2 Å². The first-order valence-corrected chi connectivity index (χ1v) is 8.31. The Balaban J connectivity index is 1.48. The molecule has 1 aliphatic rings. The molecule has 0 aliphatic carbocycles. The number of ether oxygens (including phenoxy) is 1. The minimum Gasteiger partial charge on any atom is -0.497 e. The molecule has 1 radical (unpaired) electrons. The largest absolute Gasteiger partial charge is 0.497 e. The van der Waals surface area contributed by atoms with Crippen LogP contribution in [0.4, 0.5) is 5.69 Å². The molecular formula is C20H23N2O2. The Morgan fingerprint density at radius 1 is 1.00 bits per heavy atom. The van der Waals surface area contributed by atoms with Gasteiger partial charge in [0.1, 0.15) is 5.75 Å². The highest BCUT2D eigenvalue weighted by atomic mass is 16.5. The Kier molecular flexibility index (Phi) is 5.36. The van der Waals surface area contributed by atoms with Crippen molar-refractivity contribution in [3.63, 3.8) is 0 Å². The van der Waals surface area contributed by atoms with Crippen LogP contribution in [0.1, 0.15) is 12.0 Å². The van der Waals surface area contributed by atoms with E-state index in [1.807, 2.05) is 53.8 Å². The van der Waals surface area contributed by atoms with Crippen molar-refractivity contribution in [2.45, 2.75) is 6.42 Å². The lowest BCUT2D eigenvalue weighted by Crippen LogP contribution is -2.48. The molecule has 2 aromatic rings. The van der Waals surface area contributed by atoms with Crippen LogP contribution in [0.3, 0.4) is 0 Å². The molecule has 4 heteroatoms. The first-order valence-electron chi connectivity index (χ1n) is 8.31. The molecule has 125 valence electrons. The lowest BCUT2D eigenvalue weighted by atomic mass is 10.1. The molecule has 0 atom stereocenters. The van der Waals surface area contributed by atoms with Crippen LogP contribution in [-0.2, 0) is 4.79 Å². The van der Waals surface area contributed by atoms with Crippen molar-refractivity contribution in [2.24, 2.45) is 0 Å². The summed E-state index contributed by atoms with van der Waals surface area (Å²) in [7, 11) is 1.67. The average molecular weight is 323 g/mol. The molecule has 1 amide bonds. The maximum atomic E-state index is 12.4. The second-order valence-electron chi connectivity index (χ2n) is 5.88. The number of nitrogens with zero attached hydrogens (tertiary/aromatic N) is 2. The molecule has 1 aliphatic heterocycles. The summed E-state index contributed by atoms with van der Waals surface area (Å²) in [4.78, 5) is 16.6. The molecule has 0 spiro atoms. The smallest absolute Gasteiger partial charge is 0.223 e. The number of anilines is 1. The van der Waals surface area contributed by atoms with E-state index in [1.54, 1.807) is 7.11 Å². The molecule has 0 aromatic heterocycles. The summed E-state index contributed by atoms with van der Waals surface area (Å²) in [6.07, 6.45) is 2.46. The summed E-state index contributed by atoms with van der Waals surface area (Å²) in [5.74, 6) is 1.07. The van der Waals surface area contributed by atoms with E-state index in [-0.39, 0.29) is 5.91 Å². The predicted octanol–water partition coefficient (Wildman–Crippen LogP) is 2.99. The van der Waals surface area contributed by atoms with Gasteiger partial charge in [-0.25, -0.2) is 0 Å². The first-order chi connectivity index (χ1) is 11.8. The minimum absolute atomic E-state index is 0.202. The monoisotopic (exact) mass is 323 g/mol. The predicted molar refractivity (Wildman–Crippen MR) is 96.2 cm³/mol. The van der Waals surface area contributed by atoms with Crippen LogP contribution in [0, 0.1) is 6.42 Å². The number of carbonyl (C=O) groups excluding carboxylic acids is 1. The lowest BCUT2D eigenvalue weighted by Gasteiger charge is -2.36. The van der Waals surface area contributed by atoms with Gasteiger partial charge >= 0.3 is 0 Å². The van der Waals surface area contributed by atoms with E-state index in [2.05, 4.69) is 17.0 Å². The summed E-state index contributed by atoms with van der Waals surface area (Å²) in [5.41, 5.74) is 2.28. The molecule has 2 aromatic carbocycles. The van der Waals surface area contributed by atoms with Crippen LogP contribution in [0.5, 0.6) is 5.75 Å². The number of amides is 1. The van der Waals surface area contributed by atoms with Crippen LogP contribution in [0.15, 0.2) is 54.6 Å². The number of benzene rings is 2. The van der Waals surface area contributed by atoms with Crippen molar-refractivity contribution in [1.82, 2.24) is 4.90 Å². The van der Waals surface area contributed by atoms with Crippen LogP contribution in [0.2, 0.25) is 0 Å². The van der Waals surface area contributed by atoms with Gasteiger partial charge in [-0.15, -0.1) is 0 Å². The molecular weight excluding hydrogens is 300 g/mol. The van der Waals surface area contributed by atoms with Gasteiger partial charge in [0, 0.05) is 38.3 Å². The highest BCUT2D eigenvalue weighted by molar-refractivity contribution is 5.78. The van der Waals surface area contributed by atoms with Crippen LogP contribution in [-0.4, -0.2) is 44.1 Å². The normalized spacial score (nSPS) is 14.5. The molecule has 0 bridgehead atoms. The number of carbonyl (C=O) groups is 1. The Morgan fingerprint density at radius 2 is 1.67 bits per heavy atom.